The molecule has 15 heavy (non-hydrogen) atoms. The van der Waals surface area contributed by atoms with Crippen molar-refractivity contribution in [2.45, 2.75) is 13.0 Å². The van der Waals surface area contributed by atoms with Gasteiger partial charge >= 0.3 is 5.97 Å². The monoisotopic (exact) mass is 274 g/mol. The molecule has 1 aromatic carbocycles. The zero-order chi connectivity index (χ0) is 11.6. The van der Waals surface area contributed by atoms with Crippen LogP contribution >= 0.6 is 15.9 Å². The Bertz CT molecular complexity index is 389. The molecule has 0 saturated carbocycles. The van der Waals surface area contributed by atoms with Crippen molar-refractivity contribution in [1.82, 2.24) is 0 Å². The second kappa shape index (κ2) is 4.63. The Morgan fingerprint density at radius 3 is 2.60 bits per heavy atom. The number of aliphatic carboxylic acids is 1. The van der Waals surface area contributed by atoms with E-state index in [1.54, 1.807) is 19.1 Å². The van der Waals surface area contributed by atoms with Crippen molar-refractivity contribution in [1.29, 1.82) is 0 Å². The molecule has 2 N–H and O–H groups in total. The summed E-state index contributed by atoms with van der Waals surface area (Å²) in [4.78, 5) is 10.6. The molecule has 0 spiro atoms. The molecule has 0 radical (unpaired) electrons. The largest absolute Gasteiger partial charge is 0.496 e. The summed E-state index contributed by atoms with van der Waals surface area (Å²) in [5, 5.41) is 18.1. The van der Waals surface area contributed by atoms with Crippen LogP contribution < -0.4 is 4.74 Å². The minimum Gasteiger partial charge on any atom is -0.496 e. The summed E-state index contributed by atoms with van der Waals surface area (Å²) in [6.07, 6.45) is -1.52. The van der Waals surface area contributed by atoms with Crippen molar-refractivity contribution in [3.8, 4) is 5.75 Å². The molecule has 1 rings (SSSR count). The third kappa shape index (κ3) is 2.49. The van der Waals surface area contributed by atoms with Crippen molar-refractivity contribution in [2.75, 3.05) is 7.11 Å². The SMILES string of the molecule is COc1cc(Br)c(C(O)C(=O)O)cc1C. The van der Waals surface area contributed by atoms with Gasteiger partial charge in [-0.05, 0) is 24.6 Å². The highest BCUT2D eigenvalue weighted by molar-refractivity contribution is 9.10. The maximum atomic E-state index is 10.6. The Morgan fingerprint density at radius 2 is 2.13 bits per heavy atom. The van der Waals surface area contributed by atoms with E-state index in [1.807, 2.05) is 0 Å². The molecule has 5 heteroatoms. The van der Waals surface area contributed by atoms with Gasteiger partial charge in [-0.15, -0.1) is 0 Å². The molecule has 1 unspecified atom stereocenters. The van der Waals surface area contributed by atoms with Crippen molar-refractivity contribution in [2.24, 2.45) is 0 Å². The minimum atomic E-state index is -1.52. The Hall–Kier alpha value is -1.07. The van der Waals surface area contributed by atoms with Gasteiger partial charge in [-0.1, -0.05) is 15.9 Å². The molecule has 0 aromatic heterocycles. The molecule has 0 heterocycles. The average Bonchev–Trinajstić information content (AvgIpc) is 2.19. The highest BCUT2D eigenvalue weighted by Crippen LogP contribution is 2.30. The molecule has 4 nitrogen and oxygen atoms in total. The maximum absolute atomic E-state index is 10.6. The van der Waals surface area contributed by atoms with Crippen LogP contribution in [0.2, 0.25) is 0 Å². The summed E-state index contributed by atoms with van der Waals surface area (Å²) in [6.45, 7) is 1.78. The third-order valence-corrected chi connectivity index (χ3v) is 2.73. The topological polar surface area (TPSA) is 66.8 Å². The zero-order valence-corrected chi connectivity index (χ0v) is 9.91. The van der Waals surface area contributed by atoms with Crippen LogP contribution in [0.25, 0.3) is 0 Å². The first-order valence-electron chi connectivity index (χ1n) is 4.22. The fourth-order valence-electron chi connectivity index (χ4n) is 1.25. The van der Waals surface area contributed by atoms with E-state index in [-0.39, 0.29) is 0 Å². The Kier molecular flexibility index (Phi) is 3.71. The first-order chi connectivity index (χ1) is 6.97. The second-order valence-electron chi connectivity index (χ2n) is 3.08. The summed E-state index contributed by atoms with van der Waals surface area (Å²) in [7, 11) is 1.53. The van der Waals surface area contributed by atoms with Crippen LogP contribution in [0.5, 0.6) is 5.75 Å². The summed E-state index contributed by atoms with van der Waals surface area (Å²) in [5.74, 6) is -0.636. The number of hydrogen-bond acceptors (Lipinski definition) is 3. The van der Waals surface area contributed by atoms with Gasteiger partial charge in [-0.2, -0.15) is 0 Å². The maximum Gasteiger partial charge on any atom is 0.337 e. The Balaban J connectivity index is 3.21. The molecule has 0 bridgehead atoms. The van der Waals surface area contributed by atoms with Gasteiger partial charge in [0.1, 0.15) is 5.75 Å². The molecule has 0 amide bonds. The van der Waals surface area contributed by atoms with Gasteiger partial charge in [0.25, 0.3) is 0 Å². The van der Waals surface area contributed by atoms with E-state index in [9.17, 15) is 9.90 Å². The quantitative estimate of drug-likeness (QED) is 0.883. The summed E-state index contributed by atoms with van der Waals surface area (Å²) in [6, 6.07) is 3.22. The number of rotatable bonds is 3. The lowest BCUT2D eigenvalue weighted by atomic mass is 10.1. The molecule has 1 atom stereocenters. The van der Waals surface area contributed by atoms with E-state index in [1.165, 1.54) is 7.11 Å². The van der Waals surface area contributed by atoms with Gasteiger partial charge in [0.15, 0.2) is 6.10 Å². The summed E-state index contributed by atoms with van der Waals surface area (Å²) < 4.78 is 5.58. The lowest BCUT2D eigenvalue weighted by Gasteiger charge is -2.12. The van der Waals surface area contributed by atoms with E-state index < -0.39 is 12.1 Å². The Labute approximate surface area is 95.6 Å². The van der Waals surface area contributed by atoms with Crippen LogP contribution in [0, 0.1) is 6.92 Å². The minimum absolute atomic E-state index is 0.320. The molecule has 1 aromatic rings. The standard InChI is InChI=1S/C10H11BrO4/c1-5-3-6(9(12)10(13)14)7(11)4-8(5)15-2/h3-4,9,12H,1-2H3,(H,13,14). The smallest absolute Gasteiger partial charge is 0.337 e. The predicted molar refractivity (Wildman–Crippen MR) is 58.0 cm³/mol. The molecular formula is C10H11BrO4. The number of aliphatic hydroxyl groups is 1. The van der Waals surface area contributed by atoms with Crippen molar-refractivity contribution in [3.63, 3.8) is 0 Å². The van der Waals surface area contributed by atoms with Crippen LogP contribution in [0.4, 0.5) is 0 Å². The number of carboxylic acids is 1. The predicted octanol–water partition coefficient (Wildman–Crippen LogP) is 1.88. The molecule has 0 fully saturated rings. The van der Waals surface area contributed by atoms with Crippen molar-refractivity contribution < 1.29 is 19.7 Å². The number of halogens is 1. The van der Waals surface area contributed by atoms with Crippen molar-refractivity contribution in [3.05, 3.63) is 27.7 Å². The number of aryl methyl sites for hydroxylation is 1. The van der Waals surface area contributed by atoms with Gasteiger partial charge < -0.3 is 14.9 Å². The van der Waals surface area contributed by atoms with E-state index in [0.29, 0.717) is 15.8 Å². The van der Waals surface area contributed by atoms with E-state index in [2.05, 4.69) is 15.9 Å². The van der Waals surface area contributed by atoms with Gasteiger partial charge in [0.2, 0.25) is 0 Å². The van der Waals surface area contributed by atoms with Gasteiger partial charge in [-0.25, -0.2) is 4.79 Å². The van der Waals surface area contributed by atoms with Crippen LogP contribution in [0.15, 0.2) is 16.6 Å². The fraction of sp³-hybridized carbons (Fsp3) is 0.300. The number of carboxylic acid groups (broad SMARTS) is 1. The summed E-state index contributed by atoms with van der Waals surface area (Å²) >= 11 is 3.19. The van der Waals surface area contributed by atoms with Crippen LogP contribution in [0.3, 0.4) is 0 Å². The van der Waals surface area contributed by atoms with Gasteiger partial charge in [-0.3, -0.25) is 0 Å². The number of ether oxygens (including phenoxy) is 1. The molecule has 0 aliphatic heterocycles. The van der Waals surface area contributed by atoms with Crippen LogP contribution in [-0.4, -0.2) is 23.3 Å². The van der Waals surface area contributed by atoms with Gasteiger partial charge in [0, 0.05) is 10.0 Å². The number of carbonyl (C=O) groups is 1. The Morgan fingerprint density at radius 1 is 1.53 bits per heavy atom. The third-order valence-electron chi connectivity index (χ3n) is 2.04. The van der Waals surface area contributed by atoms with Crippen LogP contribution in [0.1, 0.15) is 17.2 Å². The second-order valence-corrected chi connectivity index (χ2v) is 3.94. The number of hydrogen-bond donors (Lipinski definition) is 2. The normalized spacial score (nSPS) is 12.3. The van der Waals surface area contributed by atoms with E-state index >= 15 is 0 Å². The summed E-state index contributed by atoms with van der Waals surface area (Å²) in [5.41, 5.74) is 1.09. The van der Waals surface area contributed by atoms with Crippen LogP contribution in [-0.2, 0) is 4.79 Å². The number of benzene rings is 1. The highest BCUT2D eigenvalue weighted by atomic mass is 79.9. The molecule has 82 valence electrons. The zero-order valence-electron chi connectivity index (χ0n) is 8.32. The molecule has 0 aliphatic carbocycles. The van der Waals surface area contributed by atoms with Crippen molar-refractivity contribution >= 4 is 21.9 Å². The lowest BCUT2D eigenvalue weighted by Crippen LogP contribution is -2.11. The number of aliphatic hydroxyl groups excluding tert-OH is 1. The van der Waals surface area contributed by atoms with E-state index in [0.717, 1.165) is 5.56 Å². The highest BCUT2D eigenvalue weighted by Gasteiger charge is 2.20. The first-order valence-corrected chi connectivity index (χ1v) is 5.01. The number of methoxy groups -OCH3 is 1. The first kappa shape index (κ1) is 12.0. The average molecular weight is 275 g/mol. The lowest BCUT2D eigenvalue weighted by molar-refractivity contribution is -0.147. The van der Waals surface area contributed by atoms with E-state index in [4.69, 9.17) is 9.84 Å². The molecule has 0 saturated heterocycles. The van der Waals surface area contributed by atoms with Gasteiger partial charge in [0.05, 0.1) is 7.11 Å². The molecular weight excluding hydrogens is 264 g/mol. The molecule has 0 aliphatic rings. The fourth-order valence-corrected chi connectivity index (χ4v) is 1.79.